The van der Waals surface area contributed by atoms with Crippen LogP contribution >= 0.6 is 0 Å². The fourth-order valence-electron chi connectivity index (χ4n) is 2.24. The average Bonchev–Trinajstić information content (AvgIpc) is 2.49. The van der Waals surface area contributed by atoms with Gasteiger partial charge in [0, 0.05) is 5.57 Å². The van der Waals surface area contributed by atoms with Gasteiger partial charge in [0.05, 0.1) is 0 Å². The molecule has 0 aromatic heterocycles. The lowest BCUT2D eigenvalue weighted by Gasteiger charge is -2.05. The van der Waals surface area contributed by atoms with Gasteiger partial charge in [0.15, 0.2) is 0 Å². The molecule has 0 radical (unpaired) electrons. The molecular formula is C19H20O2. The molecule has 0 bridgehead atoms. The Bertz CT molecular complexity index is 634. The molecule has 0 amide bonds. The van der Waals surface area contributed by atoms with Gasteiger partial charge < -0.3 is 5.11 Å². The van der Waals surface area contributed by atoms with E-state index in [1.807, 2.05) is 24.3 Å². The van der Waals surface area contributed by atoms with Crippen molar-refractivity contribution >= 4 is 12.0 Å². The van der Waals surface area contributed by atoms with Gasteiger partial charge in [-0.15, -0.1) is 0 Å². The van der Waals surface area contributed by atoms with Crippen LogP contribution in [-0.2, 0) is 11.2 Å². The second kappa shape index (κ2) is 6.89. The van der Waals surface area contributed by atoms with E-state index in [0.717, 1.165) is 24.0 Å². The predicted octanol–water partition coefficient (Wildman–Crippen LogP) is 4.79. The maximum Gasteiger partial charge on any atom is 0.331 e. The second-order valence-electron chi connectivity index (χ2n) is 5.20. The maximum atomic E-state index is 10.8. The first-order valence-corrected chi connectivity index (χ1v) is 7.21. The summed E-state index contributed by atoms with van der Waals surface area (Å²) in [6.07, 6.45) is 3.94. The summed E-state index contributed by atoms with van der Waals surface area (Å²) in [6, 6.07) is 16.5. The maximum absolute atomic E-state index is 10.8. The molecule has 21 heavy (non-hydrogen) atoms. The molecule has 0 heterocycles. The van der Waals surface area contributed by atoms with E-state index in [1.54, 1.807) is 13.0 Å². The van der Waals surface area contributed by atoms with Crippen molar-refractivity contribution in [2.45, 2.75) is 26.7 Å². The smallest absolute Gasteiger partial charge is 0.331 e. The molecule has 0 aliphatic rings. The number of carbonyl (C=O) groups is 1. The van der Waals surface area contributed by atoms with E-state index in [1.165, 1.54) is 11.1 Å². The summed E-state index contributed by atoms with van der Waals surface area (Å²) in [6.45, 7) is 3.78. The van der Waals surface area contributed by atoms with E-state index in [4.69, 9.17) is 5.11 Å². The Hall–Kier alpha value is -2.35. The second-order valence-corrected chi connectivity index (χ2v) is 5.20. The van der Waals surface area contributed by atoms with Crippen LogP contribution < -0.4 is 0 Å². The summed E-state index contributed by atoms with van der Waals surface area (Å²) in [5.74, 6) is -0.884. The van der Waals surface area contributed by atoms with Crippen molar-refractivity contribution in [1.82, 2.24) is 0 Å². The molecule has 2 aromatic carbocycles. The largest absolute Gasteiger partial charge is 0.478 e. The number of hydrogen-bond donors (Lipinski definition) is 1. The summed E-state index contributed by atoms with van der Waals surface area (Å²) in [7, 11) is 0. The number of carboxylic acids is 1. The van der Waals surface area contributed by atoms with Crippen LogP contribution in [0.1, 0.15) is 31.4 Å². The third-order valence-corrected chi connectivity index (χ3v) is 3.46. The van der Waals surface area contributed by atoms with Gasteiger partial charge in [-0.25, -0.2) is 4.79 Å². The van der Waals surface area contributed by atoms with E-state index in [9.17, 15) is 4.79 Å². The van der Waals surface area contributed by atoms with Crippen LogP contribution in [0.25, 0.3) is 17.2 Å². The Morgan fingerprint density at radius 3 is 2.00 bits per heavy atom. The van der Waals surface area contributed by atoms with Crippen LogP contribution in [0.2, 0.25) is 0 Å². The van der Waals surface area contributed by atoms with Gasteiger partial charge in [0.2, 0.25) is 0 Å². The Labute approximate surface area is 125 Å². The zero-order chi connectivity index (χ0) is 15.2. The standard InChI is InChI=1S/C19H20O2/c1-3-4-15-5-9-17(10-6-15)18-11-7-16(8-12-18)13-14(2)19(20)21/h5-13H,3-4H2,1-2H3,(H,20,21)/b14-13+. The molecule has 0 spiro atoms. The number of benzene rings is 2. The lowest BCUT2D eigenvalue weighted by atomic mass is 10.0. The summed E-state index contributed by atoms with van der Waals surface area (Å²) >= 11 is 0. The van der Waals surface area contributed by atoms with Gasteiger partial charge >= 0.3 is 5.97 Å². The van der Waals surface area contributed by atoms with Crippen molar-refractivity contribution in [1.29, 1.82) is 0 Å². The topological polar surface area (TPSA) is 37.3 Å². The summed E-state index contributed by atoms with van der Waals surface area (Å²) < 4.78 is 0. The van der Waals surface area contributed by atoms with Crippen molar-refractivity contribution in [2.75, 3.05) is 0 Å². The van der Waals surface area contributed by atoms with Crippen LogP contribution in [0.4, 0.5) is 0 Å². The Balaban J connectivity index is 2.18. The third-order valence-electron chi connectivity index (χ3n) is 3.46. The average molecular weight is 280 g/mol. The summed E-state index contributed by atoms with van der Waals surface area (Å²) in [5.41, 5.74) is 4.93. The number of hydrogen-bond acceptors (Lipinski definition) is 1. The fraction of sp³-hybridized carbons (Fsp3) is 0.211. The summed E-state index contributed by atoms with van der Waals surface area (Å²) in [5, 5.41) is 8.88. The number of aryl methyl sites for hydroxylation is 1. The Morgan fingerprint density at radius 1 is 1.00 bits per heavy atom. The molecule has 0 fully saturated rings. The Morgan fingerprint density at radius 2 is 1.52 bits per heavy atom. The van der Waals surface area contributed by atoms with Crippen molar-refractivity contribution in [2.24, 2.45) is 0 Å². The van der Waals surface area contributed by atoms with E-state index in [-0.39, 0.29) is 0 Å². The van der Waals surface area contributed by atoms with Gasteiger partial charge in [0.1, 0.15) is 0 Å². The molecule has 1 N–H and O–H groups in total. The zero-order valence-electron chi connectivity index (χ0n) is 12.5. The quantitative estimate of drug-likeness (QED) is 0.799. The van der Waals surface area contributed by atoms with Crippen molar-refractivity contribution in [3.05, 3.63) is 65.2 Å². The van der Waals surface area contributed by atoms with Gasteiger partial charge in [-0.05, 0) is 41.7 Å². The van der Waals surface area contributed by atoms with Gasteiger partial charge in [-0.3, -0.25) is 0 Å². The van der Waals surface area contributed by atoms with Crippen LogP contribution in [0.3, 0.4) is 0 Å². The van der Waals surface area contributed by atoms with Gasteiger partial charge in [0.25, 0.3) is 0 Å². The normalized spacial score (nSPS) is 11.4. The zero-order valence-corrected chi connectivity index (χ0v) is 12.5. The molecule has 2 nitrogen and oxygen atoms in total. The molecule has 2 heteroatoms. The van der Waals surface area contributed by atoms with Gasteiger partial charge in [-0.1, -0.05) is 61.9 Å². The molecule has 2 rings (SSSR count). The monoisotopic (exact) mass is 280 g/mol. The number of aliphatic carboxylic acids is 1. The molecule has 0 saturated carbocycles. The highest BCUT2D eigenvalue weighted by molar-refractivity contribution is 5.91. The first kappa shape index (κ1) is 15.0. The van der Waals surface area contributed by atoms with Crippen molar-refractivity contribution in [3.8, 4) is 11.1 Å². The van der Waals surface area contributed by atoms with Crippen molar-refractivity contribution in [3.63, 3.8) is 0 Å². The minimum atomic E-state index is -0.884. The van der Waals surface area contributed by atoms with E-state index < -0.39 is 5.97 Å². The molecule has 2 aromatic rings. The van der Waals surface area contributed by atoms with Crippen LogP contribution in [0.5, 0.6) is 0 Å². The highest BCUT2D eigenvalue weighted by Gasteiger charge is 2.01. The first-order valence-electron chi connectivity index (χ1n) is 7.21. The minimum Gasteiger partial charge on any atom is -0.478 e. The van der Waals surface area contributed by atoms with Crippen molar-refractivity contribution < 1.29 is 9.90 Å². The fourth-order valence-corrected chi connectivity index (χ4v) is 2.24. The molecular weight excluding hydrogens is 260 g/mol. The van der Waals surface area contributed by atoms with Crippen LogP contribution in [0, 0.1) is 0 Å². The van der Waals surface area contributed by atoms with Crippen LogP contribution in [-0.4, -0.2) is 11.1 Å². The molecule has 0 aliphatic heterocycles. The predicted molar refractivity (Wildman–Crippen MR) is 87.2 cm³/mol. The highest BCUT2D eigenvalue weighted by Crippen LogP contribution is 2.21. The lowest BCUT2D eigenvalue weighted by Crippen LogP contribution is -1.95. The highest BCUT2D eigenvalue weighted by atomic mass is 16.4. The number of carboxylic acid groups (broad SMARTS) is 1. The van der Waals surface area contributed by atoms with E-state index in [0.29, 0.717) is 5.57 Å². The van der Waals surface area contributed by atoms with Crippen LogP contribution in [0.15, 0.2) is 54.1 Å². The molecule has 0 atom stereocenters. The summed E-state index contributed by atoms with van der Waals surface area (Å²) in [4.78, 5) is 10.8. The molecule has 0 saturated heterocycles. The third kappa shape index (κ3) is 4.06. The lowest BCUT2D eigenvalue weighted by molar-refractivity contribution is -0.132. The van der Waals surface area contributed by atoms with E-state index in [2.05, 4.69) is 31.2 Å². The van der Waals surface area contributed by atoms with E-state index >= 15 is 0 Å². The minimum absolute atomic E-state index is 0.340. The molecule has 0 unspecified atom stereocenters. The SMILES string of the molecule is CCCc1ccc(-c2ccc(/C=C(\C)C(=O)O)cc2)cc1. The number of rotatable bonds is 5. The first-order chi connectivity index (χ1) is 10.1. The van der Waals surface area contributed by atoms with Gasteiger partial charge in [-0.2, -0.15) is 0 Å². The molecule has 0 aliphatic carbocycles. The Kier molecular flexibility index (Phi) is 4.94. The molecule has 108 valence electrons.